The van der Waals surface area contributed by atoms with E-state index in [0.29, 0.717) is 0 Å². The van der Waals surface area contributed by atoms with Gasteiger partial charge in [-0.2, -0.15) is 0 Å². The van der Waals surface area contributed by atoms with Crippen LogP contribution in [0.15, 0.2) is 40.9 Å². The standard InChI is InChI=1S/C16H17BrN2O/c1-10-2-4-13(17)9-14(10)16(19-18)12-3-5-15-11(8-12)6-7-20-15/h2-5,8-9,16,19H,6-7,18H2,1H3. The van der Waals surface area contributed by atoms with Crippen molar-refractivity contribution in [2.75, 3.05) is 6.61 Å². The van der Waals surface area contributed by atoms with Gasteiger partial charge in [-0.15, -0.1) is 0 Å². The molecule has 20 heavy (non-hydrogen) atoms. The van der Waals surface area contributed by atoms with Gasteiger partial charge in [0.15, 0.2) is 0 Å². The first kappa shape index (κ1) is 13.6. The number of ether oxygens (including phenoxy) is 1. The fraction of sp³-hybridized carbons (Fsp3) is 0.250. The highest BCUT2D eigenvalue weighted by Gasteiger charge is 2.19. The summed E-state index contributed by atoms with van der Waals surface area (Å²) in [5.74, 6) is 6.80. The molecule has 0 bridgehead atoms. The summed E-state index contributed by atoms with van der Waals surface area (Å²) < 4.78 is 6.61. The summed E-state index contributed by atoms with van der Waals surface area (Å²) >= 11 is 3.53. The van der Waals surface area contributed by atoms with Crippen LogP contribution in [0.4, 0.5) is 0 Å². The maximum Gasteiger partial charge on any atom is 0.122 e. The number of hydrogen-bond acceptors (Lipinski definition) is 3. The van der Waals surface area contributed by atoms with Crippen LogP contribution in [-0.2, 0) is 6.42 Å². The molecule has 0 aromatic heterocycles. The Hall–Kier alpha value is -1.36. The zero-order valence-electron chi connectivity index (χ0n) is 11.3. The normalized spacial score (nSPS) is 14.8. The van der Waals surface area contributed by atoms with E-state index in [0.717, 1.165) is 28.8 Å². The van der Waals surface area contributed by atoms with Gasteiger partial charge < -0.3 is 4.74 Å². The van der Waals surface area contributed by atoms with E-state index in [1.54, 1.807) is 0 Å². The fourth-order valence-electron chi connectivity index (χ4n) is 2.67. The Balaban J connectivity index is 2.03. The molecule has 1 unspecified atom stereocenters. The van der Waals surface area contributed by atoms with Gasteiger partial charge >= 0.3 is 0 Å². The van der Waals surface area contributed by atoms with Crippen LogP contribution in [0.2, 0.25) is 0 Å². The van der Waals surface area contributed by atoms with Gasteiger partial charge in [0, 0.05) is 10.9 Å². The van der Waals surface area contributed by atoms with E-state index in [1.165, 1.54) is 16.7 Å². The van der Waals surface area contributed by atoms with Crippen molar-refractivity contribution in [3.05, 3.63) is 63.1 Å². The van der Waals surface area contributed by atoms with Crippen molar-refractivity contribution < 1.29 is 4.74 Å². The molecule has 0 radical (unpaired) electrons. The molecule has 1 aliphatic heterocycles. The van der Waals surface area contributed by atoms with E-state index in [-0.39, 0.29) is 6.04 Å². The summed E-state index contributed by atoms with van der Waals surface area (Å²) in [7, 11) is 0. The zero-order chi connectivity index (χ0) is 14.1. The van der Waals surface area contributed by atoms with Crippen molar-refractivity contribution in [3.8, 4) is 5.75 Å². The molecule has 0 fully saturated rings. The molecule has 3 N–H and O–H groups in total. The Labute approximate surface area is 127 Å². The number of hydrazine groups is 1. The SMILES string of the molecule is Cc1ccc(Br)cc1C(NN)c1ccc2c(c1)CCO2. The highest BCUT2D eigenvalue weighted by Crippen LogP contribution is 2.32. The second-order valence-electron chi connectivity index (χ2n) is 5.07. The molecule has 2 aromatic rings. The second kappa shape index (κ2) is 5.56. The van der Waals surface area contributed by atoms with Gasteiger partial charge in [-0.25, -0.2) is 5.43 Å². The molecule has 3 nitrogen and oxygen atoms in total. The minimum atomic E-state index is -0.0154. The summed E-state index contributed by atoms with van der Waals surface area (Å²) in [5.41, 5.74) is 7.75. The van der Waals surface area contributed by atoms with Crippen molar-refractivity contribution in [1.82, 2.24) is 5.43 Å². The average Bonchev–Trinajstić information content (AvgIpc) is 2.91. The van der Waals surface area contributed by atoms with Crippen LogP contribution in [-0.4, -0.2) is 6.61 Å². The van der Waals surface area contributed by atoms with Crippen molar-refractivity contribution in [3.63, 3.8) is 0 Å². The fourth-order valence-corrected chi connectivity index (χ4v) is 3.05. The number of halogens is 1. The maximum absolute atomic E-state index is 5.80. The lowest BCUT2D eigenvalue weighted by Crippen LogP contribution is -2.29. The maximum atomic E-state index is 5.80. The molecular formula is C16H17BrN2O. The van der Waals surface area contributed by atoms with Crippen LogP contribution >= 0.6 is 15.9 Å². The first-order valence-corrected chi connectivity index (χ1v) is 7.46. The lowest BCUT2D eigenvalue weighted by Gasteiger charge is -2.20. The third-order valence-corrected chi connectivity index (χ3v) is 4.26. The van der Waals surface area contributed by atoms with Crippen molar-refractivity contribution in [2.24, 2.45) is 5.84 Å². The number of nitrogens with two attached hydrogens (primary N) is 1. The summed E-state index contributed by atoms with van der Waals surface area (Å²) in [6.45, 7) is 2.87. The summed E-state index contributed by atoms with van der Waals surface area (Å²) in [6.07, 6.45) is 0.970. The molecule has 0 saturated carbocycles. The molecule has 3 rings (SSSR count). The number of fused-ring (bicyclic) bond motifs is 1. The molecule has 2 aromatic carbocycles. The Morgan fingerprint density at radius 1 is 1.25 bits per heavy atom. The number of nitrogens with one attached hydrogen (secondary N) is 1. The van der Waals surface area contributed by atoms with Gasteiger partial charge in [-0.3, -0.25) is 5.84 Å². The topological polar surface area (TPSA) is 47.3 Å². The van der Waals surface area contributed by atoms with Crippen molar-refractivity contribution in [1.29, 1.82) is 0 Å². The van der Waals surface area contributed by atoms with Crippen LogP contribution in [0, 0.1) is 6.92 Å². The van der Waals surface area contributed by atoms with Crippen LogP contribution in [0.1, 0.15) is 28.3 Å². The molecule has 1 heterocycles. The van der Waals surface area contributed by atoms with E-state index in [1.807, 2.05) is 12.1 Å². The van der Waals surface area contributed by atoms with E-state index >= 15 is 0 Å². The third-order valence-electron chi connectivity index (χ3n) is 3.77. The minimum Gasteiger partial charge on any atom is -0.493 e. The van der Waals surface area contributed by atoms with Crippen LogP contribution < -0.4 is 16.0 Å². The monoisotopic (exact) mass is 332 g/mol. The molecule has 104 valence electrons. The Morgan fingerprint density at radius 3 is 2.90 bits per heavy atom. The Kier molecular flexibility index (Phi) is 3.78. The molecule has 1 atom stereocenters. The molecule has 4 heteroatoms. The molecule has 0 aliphatic carbocycles. The number of hydrogen-bond donors (Lipinski definition) is 2. The molecule has 1 aliphatic rings. The van der Waals surface area contributed by atoms with E-state index in [9.17, 15) is 0 Å². The van der Waals surface area contributed by atoms with Crippen molar-refractivity contribution in [2.45, 2.75) is 19.4 Å². The molecule has 0 saturated heterocycles. The van der Waals surface area contributed by atoms with E-state index in [2.05, 4.69) is 52.5 Å². The number of aryl methyl sites for hydroxylation is 1. The summed E-state index contributed by atoms with van der Waals surface area (Å²) in [4.78, 5) is 0. The second-order valence-corrected chi connectivity index (χ2v) is 5.98. The van der Waals surface area contributed by atoms with E-state index < -0.39 is 0 Å². The van der Waals surface area contributed by atoms with Gasteiger partial charge in [0.05, 0.1) is 12.6 Å². The lowest BCUT2D eigenvalue weighted by molar-refractivity contribution is 0.357. The van der Waals surface area contributed by atoms with Gasteiger partial charge in [-0.1, -0.05) is 34.1 Å². The van der Waals surface area contributed by atoms with Crippen LogP contribution in [0.3, 0.4) is 0 Å². The average molecular weight is 333 g/mol. The van der Waals surface area contributed by atoms with Crippen LogP contribution in [0.25, 0.3) is 0 Å². The number of rotatable bonds is 3. The van der Waals surface area contributed by atoms with Gasteiger partial charge in [0.1, 0.15) is 5.75 Å². The minimum absolute atomic E-state index is 0.0154. The first-order valence-electron chi connectivity index (χ1n) is 6.67. The Morgan fingerprint density at radius 2 is 2.10 bits per heavy atom. The lowest BCUT2D eigenvalue weighted by atomic mass is 9.94. The quantitative estimate of drug-likeness (QED) is 0.670. The van der Waals surface area contributed by atoms with Gasteiger partial charge in [0.2, 0.25) is 0 Å². The molecule has 0 spiro atoms. The zero-order valence-corrected chi connectivity index (χ0v) is 12.9. The summed E-state index contributed by atoms with van der Waals surface area (Å²) in [5, 5.41) is 0. The first-order chi connectivity index (χ1) is 9.69. The summed E-state index contributed by atoms with van der Waals surface area (Å²) in [6, 6.07) is 12.5. The van der Waals surface area contributed by atoms with Crippen molar-refractivity contribution >= 4 is 15.9 Å². The largest absolute Gasteiger partial charge is 0.493 e. The predicted octanol–water partition coefficient (Wildman–Crippen LogP) is 3.25. The predicted molar refractivity (Wildman–Crippen MR) is 83.7 cm³/mol. The van der Waals surface area contributed by atoms with E-state index in [4.69, 9.17) is 10.6 Å². The van der Waals surface area contributed by atoms with Crippen LogP contribution in [0.5, 0.6) is 5.75 Å². The molecule has 0 amide bonds. The smallest absolute Gasteiger partial charge is 0.122 e. The number of benzene rings is 2. The molecular weight excluding hydrogens is 316 g/mol. The highest BCUT2D eigenvalue weighted by molar-refractivity contribution is 9.10. The van der Waals surface area contributed by atoms with Gasteiger partial charge in [0.25, 0.3) is 0 Å². The Bertz CT molecular complexity index is 642. The highest BCUT2D eigenvalue weighted by atomic mass is 79.9. The third kappa shape index (κ3) is 2.46. The van der Waals surface area contributed by atoms with Gasteiger partial charge in [-0.05, 0) is 47.4 Å².